The zero-order valence-corrected chi connectivity index (χ0v) is 23.0. The zero-order chi connectivity index (χ0) is 29.8. The lowest BCUT2D eigenvalue weighted by Crippen LogP contribution is -2.69. The first-order chi connectivity index (χ1) is 19.6. The Morgan fingerprint density at radius 1 is 0.878 bits per heavy atom. The molecule has 4 aliphatic rings. The van der Waals surface area contributed by atoms with Crippen molar-refractivity contribution in [2.24, 2.45) is 22.9 Å². The molecular formula is C24H49N7O10. The highest BCUT2D eigenvalue weighted by Gasteiger charge is 2.51. The van der Waals surface area contributed by atoms with E-state index in [2.05, 4.69) is 16.0 Å². The molecule has 41 heavy (non-hydrogen) atoms. The quantitative estimate of drug-likeness (QED) is 0.0996. The van der Waals surface area contributed by atoms with E-state index in [0.29, 0.717) is 6.42 Å². The molecule has 3 aliphatic heterocycles. The predicted octanol–water partition coefficient (Wildman–Crippen LogP) is -7.74. The van der Waals surface area contributed by atoms with Gasteiger partial charge in [-0.15, -0.1) is 0 Å². The third kappa shape index (κ3) is 7.70. The number of aliphatic hydroxyl groups is 6. The Morgan fingerprint density at radius 2 is 1.56 bits per heavy atom. The average molecular weight is 596 g/mol. The van der Waals surface area contributed by atoms with Gasteiger partial charge in [0.1, 0.15) is 36.6 Å². The van der Waals surface area contributed by atoms with Crippen LogP contribution in [0.3, 0.4) is 0 Å². The van der Waals surface area contributed by atoms with Crippen LogP contribution in [-0.4, -0.2) is 168 Å². The summed E-state index contributed by atoms with van der Waals surface area (Å²) < 4.78 is 24.0. The van der Waals surface area contributed by atoms with Crippen molar-refractivity contribution in [3.63, 3.8) is 0 Å². The van der Waals surface area contributed by atoms with Gasteiger partial charge in [-0.2, -0.15) is 0 Å². The van der Waals surface area contributed by atoms with Crippen molar-refractivity contribution in [1.82, 2.24) is 16.0 Å². The second-order valence-corrected chi connectivity index (χ2v) is 11.5. The van der Waals surface area contributed by atoms with Crippen LogP contribution >= 0.6 is 0 Å². The highest BCUT2D eigenvalue weighted by Crippen LogP contribution is 2.32. The van der Waals surface area contributed by atoms with Gasteiger partial charge in [0.05, 0.1) is 37.0 Å². The van der Waals surface area contributed by atoms with Gasteiger partial charge in [-0.05, 0) is 12.8 Å². The first-order valence-corrected chi connectivity index (χ1v) is 14.3. The first-order valence-electron chi connectivity index (χ1n) is 14.3. The number of nitrogens with one attached hydrogen (secondary N) is 3. The van der Waals surface area contributed by atoms with Crippen LogP contribution in [0.15, 0.2) is 0 Å². The van der Waals surface area contributed by atoms with Gasteiger partial charge in [-0.3, -0.25) is 0 Å². The number of aliphatic hydroxyl groups excluding tert-OH is 6. The van der Waals surface area contributed by atoms with Gasteiger partial charge >= 0.3 is 0 Å². The monoisotopic (exact) mass is 595 g/mol. The fourth-order valence-electron chi connectivity index (χ4n) is 5.78. The van der Waals surface area contributed by atoms with Crippen LogP contribution < -0.4 is 38.9 Å². The van der Waals surface area contributed by atoms with Crippen LogP contribution in [0.5, 0.6) is 0 Å². The summed E-state index contributed by atoms with van der Waals surface area (Å²) in [6.07, 6.45) is -11.6. The number of ether oxygens (including phenoxy) is 4. The first kappa shape index (κ1) is 33.2. The average Bonchev–Trinajstić information content (AvgIpc) is 2.93. The molecule has 0 aromatic rings. The Balaban J connectivity index is 1.53. The smallest absolute Gasteiger partial charge is 0.186 e. The Labute approximate surface area is 238 Å². The lowest BCUT2D eigenvalue weighted by molar-refractivity contribution is -0.317. The van der Waals surface area contributed by atoms with Gasteiger partial charge < -0.3 is 88.5 Å². The molecule has 3 heterocycles. The second-order valence-electron chi connectivity index (χ2n) is 11.5. The van der Waals surface area contributed by atoms with Crippen molar-refractivity contribution in [2.75, 3.05) is 39.3 Å². The third-order valence-electron chi connectivity index (χ3n) is 8.45. The molecule has 0 radical (unpaired) electrons. The summed E-state index contributed by atoms with van der Waals surface area (Å²) in [6.45, 7) is 1.05. The molecule has 4 fully saturated rings. The van der Waals surface area contributed by atoms with E-state index in [4.69, 9.17) is 41.9 Å². The molecule has 17 heteroatoms. The molecule has 17 N–H and O–H groups in total. The number of rotatable bonds is 12. The van der Waals surface area contributed by atoms with Gasteiger partial charge in [-0.25, -0.2) is 0 Å². The Bertz CT molecular complexity index is 804. The van der Waals surface area contributed by atoms with Crippen molar-refractivity contribution in [2.45, 2.75) is 111 Å². The lowest BCUT2D eigenvalue weighted by Gasteiger charge is -2.49. The molecule has 0 aromatic heterocycles. The topological polar surface area (TPSA) is 298 Å². The Hall–Kier alpha value is -0.680. The molecule has 0 bridgehead atoms. The molecule has 1 aliphatic carbocycles. The van der Waals surface area contributed by atoms with Crippen molar-refractivity contribution in [3.05, 3.63) is 0 Å². The number of nitrogens with two attached hydrogens (primary N) is 4. The molecular weight excluding hydrogens is 546 g/mol. The third-order valence-corrected chi connectivity index (χ3v) is 8.45. The molecule has 3 saturated heterocycles. The summed E-state index contributed by atoms with van der Waals surface area (Å²) in [4.78, 5) is 0. The summed E-state index contributed by atoms with van der Waals surface area (Å²) in [5.74, 6) is 0. The van der Waals surface area contributed by atoms with E-state index in [1.54, 1.807) is 0 Å². The van der Waals surface area contributed by atoms with E-state index in [9.17, 15) is 30.6 Å². The summed E-state index contributed by atoms with van der Waals surface area (Å²) >= 11 is 0. The van der Waals surface area contributed by atoms with Gasteiger partial charge in [0, 0.05) is 50.8 Å². The fourth-order valence-corrected chi connectivity index (χ4v) is 5.78. The van der Waals surface area contributed by atoms with E-state index < -0.39 is 98.3 Å². The van der Waals surface area contributed by atoms with E-state index in [-0.39, 0.29) is 32.1 Å². The van der Waals surface area contributed by atoms with Crippen molar-refractivity contribution in [3.8, 4) is 0 Å². The highest BCUT2D eigenvalue weighted by molar-refractivity contribution is 5.03. The summed E-state index contributed by atoms with van der Waals surface area (Å²) in [7, 11) is 0. The zero-order valence-electron chi connectivity index (χ0n) is 23.0. The predicted molar refractivity (Wildman–Crippen MR) is 143 cm³/mol. The molecule has 0 aromatic carbocycles. The summed E-state index contributed by atoms with van der Waals surface area (Å²) in [5.41, 5.74) is 23.8. The fraction of sp³-hybridized carbons (Fsp3) is 1.00. The van der Waals surface area contributed by atoms with E-state index in [0.717, 1.165) is 13.1 Å². The minimum absolute atomic E-state index is 0.000951. The molecule has 1 saturated carbocycles. The SMILES string of the molecule is NCC(O)CN[C@@H]1C[C@H](N)[C@@H](O[C@H]2O[C@H](CN)[C@@H](O)C[C@H]2NC2CNC2)[C@H](O)[C@H]1O[C@H]1O[C@H](CO)[C@@H](O)[C@H](N)[C@H]1O. The van der Waals surface area contributed by atoms with Gasteiger partial charge in [-0.1, -0.05) is 0 Å². The molecule has 17 nitrogen and oxygen atoms in total. The molecule has 4 rings (SSSR count). The lowest BCUT2D eigenvalue weighted by atomic mass is 9.83. The van der Waals surface area contributed by atoms with Crippen LogP contribution in [0.4, 0.5) is 0 Å². The van der Waals surface area contributed by atoms with Crippen LogP contribution in [0.25, 0.3) is 0 Å². The Kier molecular flexibility index (Phi) is 12.0. The van der Waals surface area contributed by atoms with Gasteiger partial charge in [0.2, 0.25) is 0 Å². The minimum atomic E-state index is -1.48. The normalized spacial score (nSPS) is 46.7. The van der Waals surface area contributed by atoms with Crippen molar-refractivity contribution < 1.29 is 49.6 Å². The molecule has 15 atom stereocenters. The number of hydrogen-bond acceptors (Lipinski definition) is 17. The van der Waals surface area contributed by atoms with E-state index >= 15 is 0 Å². The molecule has 0 amide bonds. The molecule has 0 spiro atoms. The Morgan fingerprint density at radius 3 is 2.17 bits per heavy atom. The maximum Gasteiger partial charge on any atom is 0.186 e. The highest BCUT2D eigenvalue weighted by atomic mass is 16.7. The van der Waals surface area contributed by atoms with Crippen LogP contribution in [0.1, 0.15) is 12.8 Å². The standard InChI is InChI=1S/C24H49N7O10/c25-3-10(33)7-30-12-1-11(27)21(20(37)22(12)41-24-19(36)17(28)18(35)16(8-32)39-24)40-23-13(31-9-5-29-6-9)2-14(34)15(4-26)38-23/h9-24,29-37H,1-8,25-28H2/t10?,11-,12+,13+,14-,15+,16+,17-,18+,19+,20-,21+,22-,23+,24+/m0/s1. The van der Waals surface area contributed by atoms with Crippen molar-refractivity contribution >= 4 is 0 Å². The summed E-state index contributed by atoms with van der Waals surface area (Å²) in [5, 5.41) is 72.4. The largest absolute Gasteiger partial charge is 0.394 e. The van der Waals surface area contributed by atoms with Gasteiger partial charge in [0.25, 0.3) is 0 Å². The summed E-state index contributed by atoms with van der Waals surface area (Å²) in [6, 6.07) is -2.81. The molecule has 240 valence electrons. The van der Waals surface area contributed by atoms with Crippen LogP contribution in [0.2, 0.25) is 0 Å². The van der Waals surface area contributed by atoms with Gasteiger partial charge in [0.15, 0.2) is 12.6 Å². The van der Waals surface area contributed by atoms with E-state index in [1.165, 1.54) is 0 Å². The van der Waals surface area contributed by atoms with Crippen LogP contribution in [0, 0.1) is 0 Å². The van der Waals surface area contributed by atoms with E-state index in [1.807, 2.05) is 0 Å². The minimum Gasteiger partial charge on any atom is -0.394 e. The van der Waals surface area contributed by atoms with Crippen molar-refractivity contribution in [1.29, 1.82) is 0 Å². The second kappa shape index (κ2) is 14.9. The van der Waals surface area contributed by atoms with Crippen LogP contribution in [-0.2, 0) is 18.9 Å². The maximum absolute atomic E-state index is 11.6. The maximum atomic E-state index is 11.6. The number of hydrogen-bond donors (Lipinski definition) is 13. The molecule has 1 unspecified atom stereocenters.